The largest absolute Gasteiger partial charge is 0.550 e. The number of phenols is 1. The van der Waals surface area contributed by atoms with Crippen LogP contribution in [-0.2, 0) is 9.59 Å². The summed E-state index contributed by atoms with van der Waals surface area (Å²) >= 11 is 1.50. The normalized spacial score (nSPS) is 16.4. The highest BCUT2D eigenvalue weighted by Gasteiger charge is 2.35. The quantitative estimate of drug-likeness (QED) is 0.830. The average molecular weight is 373 g/mol. The Morgan fingerprint density at radius 2 is 2.15 bits per heavy atom. The number of para-hydroxylation sites is 1. The van der Waals surface area contributed by atoms with Gasteiger partial charge in [-0.25, -0.2) is 5.01 Å². The molecule has 7 nitrogen and oxygen atoms in total. The summed E-state index contributed by atoms with van der Waals surface area (Å²) in [6, 6.07) is 8.31. The van der Waals surface area contributed by atoms with E-state index in [0.29, 0.717) is 23.4 Å². The molecule has 2 heterocycles. The number of nitrogens with zero attached hydrogens (tertiary/aromatic N) is 2. The second-order valence-corrected chi connectivity index (χ2v) is 6.70. The van der Waals surface area contributed by atoms with E-state index in [4.69, 9.17) is 4.74 Å². The van der Waals surface area contributed by atoms with Crippen LogP contribution in [0.15, 0.2) is 40.8 Å². The molecule has 26 heavy (non-hydrogen) atoms. The Balaban J connectivity index is 1.95. The molecule has 136 valence electrons. The fourth-order valence-corrected chi connectivity index (χ4v) is 3.59. The van der Waals surface area contributed by atoms with Crippen LogP contribution in [0.1, 0.15) is 35.7 Å². The Labute approximate surface area is 154 Å². The zero-order chi connectivity index (χ0) is 18.7. The molecule has 1 aromatic heterocycles. The summed E-state index contributed by atoms with van der Waals surface area (Å²) in [5.74, 6) is -1.48. The highest BCUT2D eigenvalue weighted by atomic mass is 32.1. The third-order valence-corrected chi connectivity index (χ3v) is 5.04. The number of benzene rings is 1. The number of hydrogen-bond acceptors (Lipinski definition) is 7. The van der Waals surface area contributed by atoms with E-state index in [0.717, 1.165) is 4.88 Å². The lowest BCUT2D eigenvalue weighted by Gasteiger charge is -2.23. The monoisotopic (exact) mass is 373 g/mol. The molecule has 3 rings (SSSR count). The van der Waals surface area contributed by atoms with Gasteiger partial charge in [0.2, 0.25) is 5.91 Å². The van der Waals surface area contributed by atoms with Crippen molar-refractivity contribution in [1.82, 2.24) is 5.01 Å². The Bertz CT molecular complexity index is 847. The summed E-state index contributed by atoms with van der Waals surface area (Å²) in [4.78, 5) is 24.1. The minimum Gasteiger partial charge on any atom is -0.550 e. The summed E-state index contributed by atoms with van der Waals surface area (Å²) in [6.07, 6.45) is -0.181. The average Bonchev–Trinajstić information content (AvgIpc) is 3.29. The van der Waals surface area contributed by atoms with E-state index in [1.807, 2.05) is 17.5 Å². The first-order valence-corrected chi connectivity index (χ1v) is 8.88. The summed E-state index contributed by atoms with van der Waals surface area (Å²) in [5, 5.41) is 28.7. The fourth-order valence-electron chi connectivity index (χ4n) is 2.87. The van der Waals surface area contributed by atoms with Gasteiger partial charge in [-0.1, -0.05) is 18.2 Å². The number of ether oxygens (including phenoxy) is 1. The summed E-state index contributed by atoms with van der Waals surface area (Å²) < 4.78 is 5.14. The first-order chi connectivity index (χ1) is 12.5. The number of amides is 1. The first-order valence-electron chi connectivity index (χ1n) is 8.00. The molecule has 1 amide bonds. The molecule has 0 aliphatic carbocycles. The van der Waals surface area contributed by atoms with E-state index in [1.165, 1.54) is 23.5 Å². The maximum Gasteiger partial charge on any atom is 0.243 e. The number of aliphatic carboxylic acids is 1. The molecule has 1 N–H and O–H groups in total. The number of carboxylic acid groups (broad SMARTS) is 1. The molecular formula is C18H17N2O5S-. The van der Waals surface area contributed by atoms with E-state index in [9.17, 15) is 19.8 Å². The number of rotatable bonds is 6. The minimum atomic E-state index is -1.29. The smallest absolute Gasteiger partial charge is 0.243 e. The van der Waals surface area contributed by atoms with Gasteiger partial charge in [0.25, 0.3) is 0 Å². The molecule has 0 saturated heterocycles. The number of hydrogen-bond donors (Lipinski definition) is 1. The van der Waals surface area contributed by atoms with Gasteiger partial charge in [0.05, 0.1) is 23.7 Å². The van der Waals surface area contributed by atoms with Crippen molar-refractivity contribution in [3.63, 3.8) is 0 Å². The molecule has 2 aromatic rings. The lowest BCUT2D eigenvalue weighted by Crippen LogP contribution is -2.30. The van der Waals surface area contributed by atoms with Gasteiger partial charge in [-0.15, -0.1) is 11.3 Å². The summed E-state index contributed by atoms with van der Waals surface area (Å²) in [6.45, 7) is 0. The third-order valence-electron chi connectivity index (χ3n) is 4.12. The first kappa shape index (κ1) is 17.9. The van der Waals surface area contributed by atoms with Crippen molar-refractivity contribution in [3.8, 4) is 11.5 Å². The summed E-state index contributed by atoms with van der Waals surface area (Å²) in [7, 11) is 1.45. The maximum absolute atomic E-state index is 12.5. The maximum atomic E-state index is 12.5. The molecule has 1 aromatic carbocycles. The van der Waals surface area contributed by atoms with Crippen molar-refractivity contribution in [2.45, 2.75) is 25.3 Å². The van der Waals surface area contributed by atoms with E-state index in [1.54, 1.807) is 18.2 Å². The predicted molar refractivity (Wildman–Crippen MR) is 94.0 cm³/mol. The topological polar surface area (TPSA) is 102 Å². The van der Waals surface area contributed by atoms with Crippen LogP contribution in [-0.4, -0.2) is 34.8 Å². The number of carbonyl (C=O) groups excluding carboxylic acids is 2. The van der Waals surface area contributed by atoms with Crippen molar-refractivity contribution >= 4 is 28.9 Å². The van der Waals surface area contributed by atoms with Crippen molar-refractivity contribution in [2.24, 2.45) is 5.10 Å². The number of carbonyl (C=O) groups is 2. The standard InChI is InChI=1S/C18H18N2O5S/c1-25-14-5-2-4-11(18(14)24)13-10-12(15-6-3-9-26-15)19-20(13)16(21)7-8-17(22)23/h2-6,9,13,24H,7-8,10H2,1H3,(H,22,23)/p-1/t13-/m0/s1. The van der Waals surface area contributed by atoms with E-state index >= 15 is 0 Å². The number of phenolic OH excluding ortho intramolecular Hbond substituents is 1. The van der Waals surface area contributed by atoms with Crippen molar-refractivity contribution < 1.29 is 24.5 Å². The summed E-state index contributed by atoms with van der Waals surface area (Å²) in [5.41, 5.74) is 1.22. The van der Waals surface area contributed by atoms with Crippen LogP contribution in [0.3, 0.4) is 0 Å². The Kier molecular flexibility index (Phi) is 5.22. The van der Waals surface area contributed by atoms with Crippen LogP contribution in [0.5, 0.6) is 11.5 Å². The number of thiophene rings is 1. The minimum absolute atomic E-state index is 0.0552. The van der Waals surface area contributed by atoms with Crippen LogP contribution in [0.4, 0.5) is 0 Å². The van der Waals surface area contributed by atoms with Crippen LogP contribution in [0.25, 0.3) is 0 Å². The van der Waals surface area contributed by atoms with E-state index in [-0.39, 0.29) is 18.6 Å². The Morgan fingerprint density at radius 3 is 2.81 bits per heavy atom. The van der Waals surface area contributed by atoms with Crippen LogP contribution >= 0.6 is 11.3 Å². The molecule has 1 aliphatic rings. The third kappa shape index (κ3) is 3.55. The molecule has 1 aliphatic heterocycles. The van der Waals surface area contributed by atoms with Crippen molar-refractivity contribution in [1.29, 1.82) is 0 Å². The Hall–Kier alpha value is -2.87. The zero-order valence-corrected chi connectivity index (χ0v) is 14.9. The number of carboxylic acids is 1. The van der Waals surface area contributed by atoms with Gasteiger partial charge >= 0.3 is 0 Å². The zero-order valence-electron chi connectivity index (χ0n) is 14.0. The highest BCUT2D eigenvalue weighted by Crippen LogP contribution is 2.41. The van der Waals surface area contributed by atoms with E-state index < -0.39 is 17.9 Å². The number of methoxy groups -OCH3 is 1. The molecule has 1 atom stereocenters. The highest BCUT2D eigenvalue weighted by molar-refractivity contribution is 7.12. The molecule has 0 fully saturated rings. The van der Waals surface area contributed by atoms with Gasteiger partial charge in [-0.05, 0) is 23.9 Å². The van der Waals surface area contributed by atoms with Gasteiger partial charge in [0.1, 0.15) is 0 Å². The lowest BCUT2D eigenvalue weighted by molar-refractivity contribution is -0.305. The molecule has 0 spiro atoms. The van der Waals surface area contributed by atoms with Gasteiger partial charge in [0.15, 0.2) is 11.5 Å². The number of aromatic hydroxyl groups is 1. The molecular weight excluding hydrogens is 356 g/mol. The second-order valence-electron chi connectivity index (χ2n) is 5.75. The van der Waals surface area contributed by atoms with Gasteiger partial charge < -0.3 is 19.7 Å². The Morgan fingerprint density at radius 1 is 1.35 bits per heavy atom. The van der Waals surface area contributed by atoms with Gasteiger partial charge in [-0.2, -0.15) is 5.10 Å². The molecule has 0 unspecified atom stereocenters. The molecule has 0 bridgehead atoms. The number of hydrazone groups is 1. The van der Waals surface area contributed by atoms with Crippen molar-refractivity contribution in [2.75, 3.05) is 7.11 Å². The fraction of sp³-hybridized carbons (Fsp3) is 0.278. The van der Waals surface area contributed by atoms with Gasteiger partial charge in [0, 0.05) is 24.4 Å². The van der Waals surface area contributed by atoms with Crippen LogP contribution in [0, 0.1) is 0 Å². The van der Waals surface area contributed by atoms with Crippen LogP contribution in [0.2, 0.25) is 0 Å². The molecule has 0 radical (unpaired) electrons. The van der Waals surface area contributed by atoms with E-state index in [2.05, 4.69) is 5.10 Å². The second kappa shape index (κ2) is 7.57. The van der Waals surface area contributed by atoms with Crippen LogP contribution < -0.4 is 9.84 Å². The molecule has 8 heteroatoms. The van der Waals surface area contributed by atoms with Crippen molar-refractivity contribution in [3.05, 3.63) is 46.2 Å². The SMILES string of the molecule is COc1cccc([C@@H]2CC(c3cccs3)=NN2C(=O)CCC(=O)[O-])c1O. The molecule has 0 saturated carbocycles. The van der Waals surface area contributed by atoms with Gasteiger partial charge in [-0.3, -0.25) is 4.79 Å². The lowest BCUT2D eigenvalue weighted by atomic mass is 9.99. The predicted octanol–water partition coefficient (Wildman–Crippen LogP) is 1.67.